The lowest BCUT2D eigenvalue weighted by Crippen LogP contribution is -1.84. The molecule has 0 spiro atoms. The average Bonchev–Trinajstić information content (AvgIpc) is 2.30. The summed E-state index contributed by atoms with van der Waals surface area (Å²) in [6.45, 7) is 9.06. The van der Waals surface area contributed by atoms with Crippen molar-refractivity contribution in [2.45, 2.75) is 47.0 Å². The van der Waals surface area contributed by atoms with Crippen LogP contribution < -0.4 is 0 Å². The van der Waals surface area contributed by atoms with Gasteiger partial charge in [0.1, 0.15) is 0 Å². The maximum atomic E-state index is 2.39. The molecular weight excluding hydrogens is 144 g/mol. The summed E-state index contributed by atoms with van der Waals surface area (Å²) in [5.41, 5.74) is 4.72. The van der Waals surface area contributed by atoms with Crippen molar-refractivity contribution in [2.24, 2.45) is 5.92 Å². The molecule has 0 N–H and O–H groups in total. The van der Waals surface area contributed by atoms with Crippen LogP contribution in [-0.2, 0) is 0 Å². The van der Waals surface area contributed by atoms with E-state index in [1.807, 2.05) is 0 Å². The van der Waals surface area contributed by atoms with Gasteiger partial charge in [-0.3, -0.25) is 0 Å². The van der Waals surface area contributed by atoms with Crippen LogP contribution >= 0.6 is 0 Å². The Labute approximate surface area is 76.4 Å². The monoisotopic (exact) mass is 164 g/mol. The third-order valence-corrected chi connectivity index (χ3v) is 2.75. The Morgan fingerprint density at radius 2 is 2.17 bits per heavy atom. The zero-order valence-electron chi connectivity index (χ0n) is 8.78. The van der Waals surface area contributed by atoms with E-state index in [1.165, 1.54) is 24.8 Å². The van der Waals surface area contributed by atoms with Crippen LogP contribution in [0, 0.1) is 5.92 Å². The molecule has 68 valence electrons. The number of hydrogen-bond acceptors (Lipinski definition) is 0. The molecule has 1 rings (SSSR count). The van der Waals surface area contributed by atoms with Crippen molar-refractivity contribution < 1.29 is 0 Å². The first kappa shape index (κ1) is 9.57. The van der Waals surface area contributed by atoms with Crippen molar-refractivity contribution in [1.29, 1.82) is 0 Å². The van der Waals surface area contributed by atoms with Crippen LogP contribution in [0.3, 0.4) is 0 Å². The van der Waals surface area contributed by atoms with Gasteiger partial charge in [0, 0.05) is 0 Å². The highest BCUT2D eigenvalue weighted by atomic mass is 14.2. The molecule has 12 heavy (non-hydrogen) atoms. The van der Waals surface area contributed by atoms with Gasteiger partial charge in [0.2, 0.25) is 0 Å². The van der Waals surface area contributed by atoms with E-state index in [1.54, 1.807) is 11.1 Å². The molecule has 0 fully saturated rings. The van der Waals surface area contributed by atoms with Gasteiger partial charge in [0.25, 0.3) is 0 Å². The fraction of sp³-hybridized carbons (Fsp3) is 0.667. The summed E-state index contributed by atoms with van der Waals surface area (Å²) in [4.78, 5) is 0. The molecule has 1 unspecified atom stereocenters. The highest BCUT2D eigenvalue weighted by molar-refractivity contribution is 5.31. The first-order valence-corrected chi connectivity index (χ1v) is 4.99. The predicted octanol–water partition coefficient (Wildman–Crippen LogP) is 4.09. The molecule has 0 radical (unpaired) electrons. The Morgan fingerprint density at radius 3 is 2.58 bits per heavy atom. The molecule has 0 saturated carbocycles. The van der Waals surface area contributed by atoms with Gasteiger partial charge < -0.3 is 0 Å². The summed E-state index contributed by atoms with van der Waals surface area (Å²) in [6.07, 6.45) is 6.18. The van der Waals surface area contributed by atoms with E-state index >= 15 is 0 Å². The van der Waals surface area contributed by atoms with Gasteiger partial charge in [0.05, 0.1) is 0 Å². The molecule has 0 aromatic carbocycles. The van der Waals surface area contributed by atoms with Gasteiger partial charge in [-0.1, -0.05) is 31.1 Å². The molecule has 0 nitrogen and oxygen atoms in total. The summed E-state index contributed by atoms with van der Waals surface area (Å²) >= 11 is 0. The van der Waals surface area contributed by atoms with Gasteiger partial charge >= 0.3 is 0 Å². The maximum Gasteiger partial charge on any atom is -0.0251 e. The SMILES string of the molecule is CC/C(C)=C\C1=C(C)CC(C)C1. The van der Waals surface area contributed by atoms with Crippen LogP contribution in [0.25, 0.3) is 0 Å². The molecule has 1 aliphatic carbocycles. The molecule has 1 atom stereocenters. The molecule has 0 heterocycles. The number of hydrogen-bond donors (Lipinski definition) is 0. The van der Waals surface area contributed by atoms with Crippen molar-refractivity contribution in [3.8, 4) is 0 Å². The van der Waals surface area contributed by atoms with E-state index in [2.05, 4.69) is 33.8 Å². The molecule has 0 saturated heterocycles. The smallest absolute Gasteiger partial charge is 0.0251 e. The highest BCUT2D eigenvalue weighted by Gasteiger charge is 2.15. The average molecular weight is 164 g/mol. The molecule has 0 heteroatoms. The van der Waals surface area contributed by atoms with Crippen molar-refractivity contribution in [3.05, 3.63) is 22.8 Å². The minimum absolute atomic E-state index is 0.876. The lowest BCUT2D eigenvalue weighted by atomic mass is 10.1. The van der Waals surface area contributed by atoms with Crippen molar-refractivity contribution in [2.75, 3.05) is 0 Å². The molecule has 0 aromatic rings. The predicted molar refractivity (Wildman–Crippen MR) is 55.1 cm³/mol. The van der Waals surface area contributed by atoms with E-state index in [0.717, 1.165) is 5.92 Å². The van der Waals surface area contributed by atoms with Gasteiger partial charge in [-0.25, -0.2) is 0 Å². The quantitative estimate of drug-likeness (QED) is 0.576. The second-order valence-corrected chi connectivity index (χ2v) is 4.16. The summed E-state index contributed by atoms with van der Waals surface area (Å²) in [7, 11) is 0. The van der Waals surface area contributed by atoms with Crippen LogP contribution in [0.2, 0.25) is 0 Å². The summed E-state index contributed by atoms with van der Waals surface area (Å²) in [5.74, 6) is 0.876. The van der Waals surface area contributed by atoms with Crippen LogP contribution in [0.5, 0.6) is 0 Å². The van der Waals surface area contributed by atoms with E-state index in [-0.39, 0.29) is 0 Å². The highest BCUT2D eigenvalue weighted by Crippen LogP contribution is 2.32. The second kappa shape index (κ2) is 3.93. The molecule has 0 bridgehead atoms. The standard InChI is InChI=1S/C12H20/c1-5-9(2)7-12-8-10(3)6-11(12)4/h7,10H,5-6,8H2,1-4H3/b9-7-. The first-order valence-electron chi connectivity index (χ1n) is 4.99. The largest absolute Gasteiger partial charge is 0.0733 e. The molecule has 1 aliphatic rings. The van der Waals surface area contributed by atoms with E-state index in [4.69, 9.17) is 0 Å². The summed E-state index contributed by atoms with van der Waals surface area (Å²) in [5, 5.41) is 0. The van der Waals surface area contributed by atoms with Gasteiger partial charge in [0.15, 0.2) is 0 Å². The molecule has 0 aliphatic heterocycles. The first-order chi connectivity index (χ1) is 5.63. The van der Waals surface area contributed by atoms with E-state index in [0.29, 0.717) is 0 Å². The van der Waals surface area contributed by atoms with Crippen LogP contribution in [0.15, 0.2) is 22.8 Å². The van der Waals surface area contributed by atoms with Crippen LogP contribution in [-0.4, -0.2) is 0 Å². The zero-order valence-corrected chi connectivity index (χ0v) is 8.78. The van der Waals surface area contributed by atoms with Gasteiger partial charge in [-0.15, -0.1) is 0 Å². The Kier molecular flexibility index (Phi) is 3.13. The fourth-order valence-corrected chi connectivity index (χ4v) is 1.86. The molecular formula is C12H20. The minimum atomic E-state index is 0.876. The summed E-state index contributed by atoms with van der Waals surface area (Å²) in [6, 6.07) is 0. The third kappa shape index (κ3) is 2.23. The van der Waals surface area contributed by atoms with Crippen LogP contribution in [0.4, 0.5) is 0 Å². The lowest BCUT2D eigenvalue weighted by molar-refractivity contribution is 0.623. The van der Waals surface area contributed by atoms with Gasteiger partial charge in [-0.05, 0) is 44.6 Å². The van der Waals surface area contributed by atoms with Crippen molar-refractivity contribution >= 4 is 0 Å². The maximum absolute atomic E-state index is 2.39. The van der Waals surface area contributed by atoms with Crippen molar-refractivity contribution in [1.82, 2.24) is 0 Å². The molecule has 0 amide bonds. The van der Waals surface area contributed by atoms with Crippen molar-refractivity contribution in [3.63, 3.8) is 0 Å². The van der Waals surface area contributed by atoms with E-state index < -0.39 is 0 Å². The third-order valence-electron chi connectivity index (χ3n) is 2.75. The normalized spacial score (nSPS) is 25.3. The van der Waals surface area contributed by atoms with Gasteiger partial charge in [-0.2, -0.15) is 0 Å². The number of allylic oxidation sites excluding steroid dienone is 4. The lowest BCUT2D eigenvalue weighted by Gasteiger charge is -2.00. The Hall–Kier alpha value is -0.520. The minimum Gasteiger partial charge on any atom is -0.0733 e. The van der Waals surface area contributed by atoms with E-state index in [9.17, 15) is 0 Å². The van der Waals surface area contributed by atoms with Crippen LogP contribution in [0.1, 0.15) is 47.0 Å². The fourth-order valence-electron chi connectivity index (χ4n) is 1.86. The number of rotatable bonds is 2. The Balaban J connectivity index is 2.70. The topological polar surface area (TPSA) is 0 Å². The second-order valence-electron chi connectivity index (χ2n) is 4.16. The zero-order chi connectivity index (χ0) is 9.14. The Morgan fingerprint density at radius 1 is 1.50 bits per heavy atom. The Bertz CT molecular complexity index is 218. The summed E-state index contributed by atoms with van der Waals surface area (Å²) < 4.78 is 0. The molecule has 0 aromatic heterocycles.